The number of rotatable bonds is 6. The number of fused-ring (bicyclic) bond motifs is 1. The maximum absolute atomic E-state index is 13.0. The molecule has 38 heavy (non-hydrogen) atoms. The SMILES string of the molecule is Nc1ccc([N+]23C=CN=CC2=C(C2CCC(C(=O)N4CCOCC4)CC2)N=C3)cc1OCc1ccccc1. The molecule has 1 aliphatic carbocycles. The molecule has 0 bridgehead atoms. The highest BCUT2D eigenvalue weighted by Gasteiger charge is 2.43. The lowest BCUT2D eigenvalue weighted by molar-refractivity contribution is -0.140. The van der Waals surface area contributed by atoms with Crippen molar-refractivity contribution < 1.29 is 14.3 Å². The molecule has 0 aromatic heterocycles. The summed E-state index contributed by atoms with van der Waals surface area (Å²) in [5.74, 6) is 1.34. The zero-order valence-corrected chi connectivity index (χ0v) is 21.5. The molecule has 0 radical (unpaired) electrons. The smallest absolute Gasteiger partial charge is 0.225 e. The van der Waals surface area contributed by atoms with Crippen LogP contribution in [0.5, 0.6) is 5.75 Å². The van der Waals surface area contributed by atoms with Crippen molar-refractivity contribution in [1.82, 2.24) is 9.38 Å². The lowest BCUT2D eigenvalue weighted by Gasteiger charge is -2.34. The topological polar surface area (TPSA) is 89.5 Å². The second-order valence-corrected chi connectivity index (χ2v) is 10.4. The maximum atomic E-state index is 13.0. The number of hydrogen-bond donors (Lipinski definition) is 1. The van der Waals surface area contributed by atoms with Gasteiger partial charge in [-0.1, -0.05) is 30.3 Å². The van der Waals surface area contributed by atoms with E-state index >= 15 is 0 Å². The third-order valence-electron chi connectivity index (χ3n) is 8.07. The number of hydrogen-bond acceptors (Lipinski definition) is 6. The molecule has 1 saturated carbocycles. The zero-order valence-electron chi connectivity index (χ0n) is 21.5. The van der Waals surface area contributed by atoms with Gasteiger partial charge in [0.25, 0.3) is 0 Å². The van der Waals surface area contributed by atoms with E-state index in [1.54, 1.807) is 0 Å². The van der Waals surface area contributed by atoms with Gasteiger partial charge in [-0.2, -0.15) is 4.48 Å². The van der Waals surface area contributed by atoms with Gasteiger partial charge in [0.05, 0.1) is 31.3 Å². The van der Waals surface area contributed by atoms with Crippen LogP contribution in [0.15, 0.2) is 82.3 Å². The normalized spacial score (nSPS) is 26.5. The van der Waals surface area contributed by atoms with Gasteiger partial charge in [-0.05, 0) is 37.3 Å². The van der Waals surface area contributed by atoms with Gasteiger partial charge < -0.3 is 20.1 Å². The van der Waals surface area contributed by atoms with Crippen molar-refractivity contribution in [3.63, 3.8) is 0 Å². The Morgan fingerprint density at radius 3 is 2.66 bits per heavy atom. The highest BCUT2D eigenvalue weighted by Crippen LogP contribution is 2.44. The molecule has 2 aromatic carbocycles. The first kappa shape index (κ1) is 24.6. The molecule has 3 aliphatic heterocycles. The van der Waals surface area contributed by atoms with E-state index in [-0.39, 0.29) is 11.8 Å². The van der Waals surface area contributed by atoms with Crippen LogP contribution >= 0.6 is 0 Å². The van der Waals surface area contributed by atoms with E-state index in [1.807, 2.05) is 78.4 Å². The zero-order chi connectivity index (χ0) is 26.0. The number of anilines is 1. The summed E-state index contributed by atoms with van der Waals surface area (Å²) in [6, 6.07) is 16.0. The van der Waals surface area contributed by atoms with Crippen molar-refractivity contribution in [2.24, 2.45) is 21.8 Å². The van der Waals surface area contributed by atoms with E-state index in [0.717, 1.165) is 48.3 Å². The molecule has 1 atom stereocenters. The molecule has 1 unspecified atom stereocenters. The van der Waals surface area contributed by atoms with Crippen molar-refractivity contribution in [2.45, 2.75) is 32.3 Å². The molecule has 0 spiro atoms. The summed E-state index contributed by atoms with van der Waals surface area (Å²) in [5.41, 5.74) is 11.1. The number of nitrogens with two attached hydrogens (primary N) is 1. The van der Waals surface area contributed by atoms with Crippen LogP contribution < -0.4 is 15.0 Å². The lowest BCUT2D eigenvalue weighted by atomic mass is 9.79. The standard InChI is InChI=1S/C30H34N5O3/c31-26-11-10-25(18-28(26)38-20-22-4-2-1-3-5-22)35-15-12-32-19-27(35)29(33-21-35)23-6-8-24(9-7-23)30(36)34-13-16-37-17-14-34/h1-5,10-12,15,18-19,21,23-24H,6-9,13-14,16-17,20,31H2/q+1. The van der Waals surface area contributed by atoms with Crippen LogP contribution in [0.4, 0.5) is 11.4 Å². The fraction of sp³-hybridized carbons (Fsp3) is 0.367. The average Bonchev–Trinajstić information content (AvgIpc) is 3.38. The number of nitrogen functional groups attached to an aromatic ring is 1. The molecule has 3 heterocycles. The molecular weight excluding hydrogens is 478 g/mol. The Hall–Kier alpha value is -3.75. The number of benzene rings is 2. The van der Waals surface area contributed by atoms with Crippen molar-refractivity contribution in [3.8, 4) is 5.75 Å². The number of morpholine rings is 1. The highest BCUT2D eigenvalue weighted by molar-refractivity contribution is 5.98. The maximum Gasteiger partial charge on any atom is 0.225 e. The number of allylic oxidation sites excluding steroid dienone is 2. The summed E-state index contributed by atoms with van der Waals surface area (Å²) in [5, 5.41) is 0. The van der Waals surface area contributed by atoms with Gasteiger partial charge >= 0.3 is 0 Å². The number of ether oxygens (including phenoxy) is 2. The average molecular weight is 513 g/mol. The van der Waals surface area contributed by atoms with Gasteiger partial charge in [-0.25, -0.2) is 4.99 Å². The first-order valence-electron chi connectivity index (χ1n) is 13.5. The Labute approximate surface area is 223 Å². The molecule has 2 aromatic rings. The van der Waals surface area contributed by atoms with Crippen LogP contribution in [-0.4, -0.2) is 49.7 Å². The third kappa shape index (κ3) is 4.66. The number of carbonyl (C=O) groups is 1. The van der Waals surface area contributed by atoms with Gasteiger partial charge in [0, 0.05) is 37.1 Å². The minimum atomic E-state index is 0.0981. The number of aliphatic imine (C=N–C) groups is 2. The van der Waals surface area contributed by atoms with Crippen LogP contribution in [0.25, 0.3) is 0 Å². The van der Waals surface area contributed by atoms with Gasteiger partial charge in [-0.15, -0.1) is 0 Å². The molecule has 1 saturated heterocycles. The summed E-state index contributed by atoms with van der Waals surface area (Å²) < 4.78 is 11.9. The molecule has 4 aliphatic rings. The fourth-order valence-electron chi connectivity index (χ4n) is 5.88. The van der Waals surface area contributed by atoms with Gasteiger partial charge in [-0.3, -0.25) is 9.79 Å². The predicted octanol–water partition coefficient (Wildman–Crippen LogP) is 4.63. The van der Waals surface area contributed by atoms with Gasteiger partial charge in [0.2, 0.25) is 12.2 Å². The molecule has 2 N–H and O–H groups in total. The predicted molar refractivity (Wildman–Crippen MR) is 149 cm³/mol. The molecular formula is C30H34N5O3+. The third-order valence-corrected chi connectivity index (χ3v) is 8.07. The minimum Gasteiger partial charge on any atom is -0.487 e. The largest absolute Gasteiger partial charge is 0.487 e. The molecule has 8 nitrogen and oxygen atoms in total. The van der Waals surface area contributed by atoms with Gasteiger partial charge in [0.15, 0.2) is 11.4 Å². The van der Waals surface area contributed by atoms with E-state index < -0.39 is 0 Å². The van der Waals surface area contributed by atoms with Crippen LogP contribution in [0.1, 0.15) is 31.2 Å². The number of quaternary nitrogens is 1. The molecule has 6 rings (SSSR count). The summed E-state index contributed by atoms with van der Waals surface area (Å²) in [6.07, 6.45) is 11.4. The number of amides is 1. The van der Waals surface area contributed by atoms with Crippen LogP contribution in [-0.2, 0) is 16.1 Å². The summed E-state index contributed by atoms with van der Waals surface area (Å²) in [4.78, 5) is 24.4. The van der Waals surface area contributed by atoms with Crippen LogP contribution in [0.3, 0.4) is 0 Å². The summed E-state index contributed by atoms with van der Waals surface area (Å²) >= 11 is 0. The van der Waals surface area contributed by atoms with Crippen molar-refractivity contribution in [1.29, 1.82) is 0 Å². The number of nitrogens with zero attached hydrogens (tertiary/aromatic N) is 4. The van der Waals surface area contributed by atoms with Crippen molar-refractivity contribution in [2.75, 3.05) is 32.0 Å². The quantitative estimate of drug-likeness (QED) is 0.452. The highest BCUT2D eigenvalue weighted by atomic mass is 16.5. The van der Waals surface area contributed by atoms with Crippen molar-refractivity contribution >= 4 is 29.8 Å². The molecule has 8 heteroatoms. The second kappa shape index (κ2) is 10.6. The first-order chi connectivity index (χ1) is 18.6. The summed E-state index contributed by atoms with van der Waals surface area (Å²) in [6.45, 7) is 3.14. The Morgan fingerprint density at radius 1 is 1.08 bits per heavy atom. The Morgan fingerprint density at radius 2 is 1.87 bits per heavy atom. The monoisotopic (exact) mass is 512 g/mol. The van der Waals surface area contributed by atoms with Crippen molar-refractivity contribution in [3.05, 3.63) is 77.9 Å². The van der Waals surface area contributed by atoms with Crippen LogP contribution in [0, 0.1) is 11.8 Å². The first-order valence-corrected chi connectivity index (χ1v) is 13.5. The van der Waals surface area contributed by atoms with E-state index in [2.05, 4.69) is 4.99 Å². The van der Waals surface area contributed by atoms with Gasteiger partial charge in [0.1, 0.15) is 24.3 Å². The molecule has 1 amide bonds. The summed E-state index contributed by atoms with van der Waals surface area (Å²) in [7, 11) is 0. The van der Waals surface area contributed by atoms with E-state index in [1.165, 1.54) is 0 Å². The van der Waals surface area contributed by atoms with E-state index in [9.17, 15) is 4.79 Å². The number of carbonyl (C=O) groups excluding carboxylic acids is 1. The molecule has 196 valence electrons. The fourth-order valence-corrected chi connectivity index (χ4v) is 5.88. The van der Waals surface area contributed by atoms with E-state index in [4.69, 9.17) is 20.2 Å². The Kier molecular flexibility index (Phi) is 6.82. The van der Waals surface area contributed by atoms with Crippen LogP contribution in [0.2, 0.25) is 0 Å². The lowest BCUT2D eigenvalue weighted by Crippen LogP contribution is -2.44. The van der Waals surface area contributed by atoms with E-state index in [0.29, 0.717) is 54.7 Å². The second-order valence-electron chi connectivity index (χ2n) is 10.4. The minimum absolute atomic E-state index is 0.0981. The molecule has 2 fully saturated rings. The Balaban J connectivity index is 1.20. The Bertz CT molecular complexity index is 1300.